The average molecular weight is 374 g/mol. The van der Waals surface area contributed by atoms with Crippen LogP contribution in [0, 0.1) is 5.92 Å². The van der Waals surface area contributed by atoms with E-state index >= 15 is 0 Å². The van der Waals surface area contributed by atoms with E-state index in [1.807, 2.05) is 0 Å². The maximum atomic E-state index is 12.8. The normalized spacial score (nSPS) is 20.0. The van der Waals surface area contributed by atoms with E-state index in [0.29, 0.717) is 0 Å². The van der Waals surface area contributed by atoms with Gasteiger partial charge in [-0.2, -0.15) is 13.2 Å². The van der Waals surface area contributed by atoms with Crippen molar-refractivity contribution in [2.45, 2.75) is 51.1 Å². The summed E-state index contributed by atoms with van der Waals surface area (Å²) in [5.74, 6) is 0.882. The fourth-order valence-corrected chi connectivity index (χ4v) is 3.91. The van der Waals surface area contributed by atoms with Crippen LogP contribution in [0.5, 0.6) is 0 Å². The topological polar surface area (TPSA) is 3.24 Å². The molecule has 1 saturated carbocycles. The second-order valence-corrected chi connectivity index (χ2v) is 7.15. The summed E-state index contributed by atoms with van der Waals surface area (Å²) in [5, 5.41) is 0. The van der Waals surface area contributed by atoms with Crippen molar-refractivity contribution in [2.75, 3.05) is 19.6 Å². The number of hydrogen-bond donors (Lipinski definition) is 0. The number of alkyl halides is 3. The van der Waals surface area contributed by atoms with Gasteiger partial charge in [-0.15, -0.1) is 12.4 Å². The maximum absolute atomic E-state index is 12.8. The third-order valence-electron chi connectivity index (χ3n) is 5.43. The third kappa shape index (κ3) is 5.75. The van der Waals surface area contributed by atoms with Crippen LogP contribution in [0.2, 0.25) is 0 Å². The summed E-state index contributed by atoms with van der Waals surface area (Å²) in [5.41, 5.74) is 1.22. The van der Waals surface area contributed by atoms with Crippen LogP contribution in [0.4, 0.5) is 13.2 Å². The fourth-order valence-electron chi connectivity index (χ4n) is 3.91. The zero-order valence-electron chi connectivity index (χ0n) is 14.5. The van der Waals surface area contributed by atoms with Crippen molar-refractivity contribution >= 4 is 18.0 Å². The molecule has 0 N–H and O–H groups in total. The molecule has 0 atom stereocenters. The summed E-state index contributed by atoms with van der Waals surface area (Å²) in [4.78, 5) is 2.44. The quantitative estimate of drug-likeness (QED) is 0.608. The summed E-state index contributed by atoms with van der Waals surface area (Å²) in [7, 11) is 0. The molecule has 0 bridgehead atoms. The number of benzene rings is 1. The predicted octanol–water partition coefficient (Wildman–Crippen LogP) is 6.19. The molecule has 1 aliphatic heterocycles. The SMILES string of the molecule is Cl.FC(F)(F)c1cccc(C2=CCN(CCC3CCCCC3)CC2)c1. The number of halogens is 4. The number of nitrogens with zero attached hydrogens (tertiary/aromatic N) is 1. The van der Waals surface area contributed by atoms with E-state index in [9.17, 15) is 13.2 Å². The first-order valence-corrected chi connectivity index (χ1v) is 9.11. The molecule has 1 aliphatic carbocycles. The van der Waals surface area contributed by atoms with Gasteiger partial charge in [0.25, 0.3) is 0 Å². The van der Waals surface area contributed by atoms with Gasteiger partial charge in [-0.05, 0) is 48.6 Å². The van der Waals surface area contributed by atoms with Gasteiger partial charge in [0.05, 0.1) is 5.56 Å². The molecule has 140 valence electrons. The van der Waals surface area contributed by atoms with Crippen LogP contribution in [0.3, 0.4) is 0 Å². The predicted molar refractivity (Wildman–Crippen MR) is 98.9 cm³/mol. The van der Waals surface area contributed by atoms with Crippen molar-refractivity contribution in [3.8, 4) is 0 Å². The lowest BCUT2D eigenvalue weighted by atomic mass is 9.87. The minimum Gasteiger partial charge on any atom is -0.299 e. The highest BCUT2D eigenvalue weighted by Crippen LogP contribution is 2.32. The molecule has 1 heterocycles. The van der Waals surface area contributed by atoms with Crippen molar-refractivity contribution in [1.82, 2.24) is 4.90 Å². The average Bonchev–Trinajstić information content (AvgIpc) is 2.61. The fraction of sp³-hybridized carbons (Fsp3) is 0.600. The summed E-state index contributed by atoms with van der Waals surface area (Å²) in [6.07, 6.45) is 6.85. The summed E-state index contributed by atoms with van der Waals surface area (Å²) >= 11 is 0. The number of hydrogen-bond acceptors (Lipinski definition) is 1. The monoisotopic (exact) mass is 373 g/mol. The molecule has 0 unspecified atom stereocenters. The van der Waals surface area contributed by atoms with Crippen LogP contribution >= 0.6 is 12.4 Å². The standard InChI is InChI=1S/C20H26F3N.ClH/c21-20(22,23)19-8-4-7-18(15-19)17-10-13-24(14-11-17)12-9-16-5-2-1-3-6-16;/h4,7-8,10,15-16H,1-3,5-6,9,11-14H2;1H. The van der Waals surface area contributed by atoms with Gasteiger partial charge in [-0.3, -0.25) is 4.90 Å². The molecule has 25 heavy (non-hydrogen) atoms. The molecule has 5 heteroatoms. The van der Waals surface area contributed by atoms with E-state index in [1.165, 1.54) is 50.7 Å². The van der Waals surface area contributed by atoms with Gasteiger partial charge in [0.1, 0.15) is 0 Å². The molecule has 0 saturated heterocycles. The molecule has 0 amide bonds. The Morgan fingerprint density at radius 3 is 2.48 bits per heavy atom. The van der Waals surface area contributed by atoms with Gasteiger partial charge in [0.15, 0.2) is 0 Å². The Kier molecular flexibility index (Phi) is 7.38. The summed E-state index contributed by atoms with van der Waals surface area (Å²) in [6.45, 7) is 2.93. The van der Waals surface area contributed by atoms with E-state index in [1.54, 1.807) is 6.07 Å². The second kappa shape index (κ2) is 9.09. The van der Waals surface area contributed by atoms with Crippen molar-refractivity contribution in [1.29, 1.82) is 0 Å². The minimum absolute atomic E-state index is 0. The van der Waals surface area contributed by atoms with Gasteiger partial charge in [-0.1, -0.05) is 50.3 Å². The van der Waals surface area contributed by atoms with Crippen LogP contribution in [0.1, 0.15) is 56.1 Å². The molecule has 0 aromatic heterocycles. The zero-order chi connectivity index (χ0) is 17.0. The zero-order valence-corrected chi connectivity index (χ0v) is 15.3. The van der Waals surface area contributed by atoms with E-state index < -0.39 is 11.7 Å². The van der Waals surface area contributed by atoms with Gasteiger partial charge >= 0.3 is 6.18 Å². The first-order valence-electron chi connectivity index (χ1n) is 9.11. The number of rotatable bonds is 4. The van der Waals surface area contributed by atoms with Crippen LogP contribution in [0.15, 0.2) is 30.3 Å². The molecular weight excluding hydrogens is 347 g/mol. The highest BCUT2D eigenvalue weighted by atomic mass is 35.5. The highest BCUT2D eigenvalue weighted by Gasteiger charge is 2.30. The van der Waals surface area contributed by atoms with Crippen LogP contribution in [-0.2, 0) is 6.18 Å². The van der Waals surface area contributed by atoms with E-state index in [0.717, 1.165) is 49.2 Å². The van der Waals surface area contributed by atoms with Gasteiger partial charge < -0.3 is 0 Å². The minimum atomic E-state index is -4.27. The molecule has 1 nitrogen and oxygen atoms in total. The summed E-state index contributed by atoms with van der Waals surface area (Å²) in [6, 6.07) is 5.72. The highest BCUT2D eigenvalue weighted by molar-refractivity contribution is 5.85. The lowest BCUT2D eigenvalue weighted by Gasteiger charge is -2.29. The Labute approximate surface area is 154 Å². The molecule has 2 aliphatic rings. The molecular formula is C20H27ClF3N. The maximum Gasteiger partial charge on any atom is 0.416 e. The molecule has 0 spiro atoms. The van der Waals surface area contributed by atoms with E-state index in [4.69, 9.17) is 0 Å². The molecule has 1 fully saturated rings. The molecule has 1 aromatic carbocycles. The van der Waals surface area contributed by atoms with Crippen LogP contribution in [0.25, 0.3) is 5.57 Å². The molecule has 0 radical (unpaired) electrons. The van der Waals surface area contributed by atoms with Crippen molar-refractivity contribution < 1.29 is 13.2 Å². The molecule has 3 rings (SSSR count). The van der Waals surface area contributed by atoms with Gasteiger partial charge in [-0.25, -0.2) is 0 Å². The van der Waals surface area contributed by atoms with Crippen LogP contribution < -0.4 is 0 Å². The lowest BCUT2D eigenvalue weighted by molar-refractivity contribution is -0.137. The van der Waals surface area contributed by atoms with Crippen molar-refractivity contribution in [3.63, 3.8) is 0 Å². The van der Waals surface area contributed by atoms with E-state index in [2.05, 4.69) is 11.0 Å². The van der Waals surface area contributed by atoms with Crippen LogP contribution in [-0.4, -0.2) is 24.5 Å². The van der Waals surface area contributed by atoms with E-state index in [-0.39, 0.29) is 12.4 Å². The lowest BCUT2D eigenvalue weighted by Crippen LogP contribution is -2.30. The van der Waals surface area contributed by atoms with Gasteiger partial charge in [0, 0.05) is 13.1 Å². The summed E-state index contributed by atoms with van der Waals surface area (Å²) < 4.78 is 38.5. The third-order valence-corrected chi connectivity index (χ3v) is 5.43. The van der Waals surface area contributed by atoms with Gasteiger partial charge in [0.2, 0.25) is 0 Å². The molecule has 1 aromatic rings. The first kappa shape index (κ1) is 20.3. The Bertz CT molecular complexity index is 577. The second-order valence-electron chi connectivity index (χ2n) is 7.15. The Balaban J connectivity index is 0.00000225. The first-order chi connectivity index (χ1) is 11.5. The smallest absolute Gasteiger partial charge is 0.299 e. The Hall–Kier alpha value is -1.00. The van der Waals surface area contributed by atoms with Crippen molar-refractivity contribution in [2.24, 2.45) is 5.92 Å². The largest absolute Gasteiger partial charge is 0.416 e. The Morgan fingerprint density at radius 1 is 1.08 bits per heavy atom. The van der Waals surface area contributed by atoms with Crippen molar-refractivity contribution in [3.05, 3.63) is 41.5 Å². The Morgan fingerprint density at radius 2 is 1.84 bits per heavy atom.